The van der Waals surface area contributed by atoms with Gasteiger partial charge in [-0.2, -0.15) is 5.10 Å². The summed E-state index contributed by atoms with van der Waals surface area (Å²) in [6, 6.07) is 2.05. The van der Waals surface area contributed by atoms with Gasteiger partial charge in [-0.05, 0) is 77.0 Å². The Labute approximate surface area is 207 Å². The number of pyridine rings is 1. The van der Waals surface area contributed by atoms with Crippen LogP contribution in [0.2, 0.25) is 0 Å². The molecule has 3 aliphatic rings. The van der Waals surface area contributed by atoms with E-state index in [2.05, 4.69) is 24.9 Å². The summed E-state index contributed by atoms with van der Waals surface area (Å²) in [5.41, 5.74) is 6.35. The Morgan fingerprint density at radius 3 is 2.49 bits per heavy atom. The molecule has 0 aromatic carbocycles. The molecule has 5 rings (SSSR count). The van der Waals surface area contributed by atoms with Crippen LogP contribution in [0.15, 0.2) is 12.3 Å². The van der Waals surface area contributed by atoms with Gasteiger partial charge in [0.1, 0.15) is 6.54 Å². The Bertz CT molecular complexity index is 1110. The van der Waals surface area contributed by atoms with E-state index < -0.39 is 0 Å². The predicted molar refractivity (Wildman–Crippen MR) is 132 cm³/mol. The monoisotopic (exact) mass is 479 g/mol. The van der Waals surface area contributed by atoms with Crippen LogP contribution in [-0.4, -0.2) is 74.8 Å². The van der Waals surface area contributed by atoms with Crippen molar-refractivity contribution < 1.29 is 14.3 Å². The molecule has 0 spiro atoms. The van der Waals surface area contributed by atoms with Crippen LogP contribution in [0, 0.1) is 13.8 Å². The molecule has 35 heavy (non-hydrogen) atoms. The molecule has 0 bridgehead atoms. The molecule has 2 atom stereocenters. The highest BCUT2D eigenvalue weighted by molar-refractivity contribution is 5.94. The van der Waals surface area contributed by atoms with Crippen molar-refractivity contribution in [2.45, 2.75) is 84.5 Å². The first-order valence-electron chi connectivity index (χ1n) is 13.0. The number of hydrogen-bond donors (Lipinski definition) is 0. The third-order valence-electron chi connectivity index (χ3n) is 7.95. The number of aromatic nitrogens is 3. The average Bonchev–Trinajstić information content (AvgIpc) is 3.44. The van der Waals surface area contributed by atoms with Gasteiger partial charge in [0.05, 0.1) is 12.2 Å². The molecule has 2 amide bonds. The molecule has 2 fully saturated rings. The van der Waals surface area contributed by atoms with Crippen molar-refractivity contribution in [2.24, 2.45) is 0 Å². The summed E-state index contributed by atoms with van der Waals surface area (Å²) in [6.07, 6.45) is 6.51. The van der Waals surface area contributed by atoms with Crippen LogP contribution in [0.25, 0.3) is 0 Å². The highest BCUT2D eigenvalue weighted by Gasteiger charge is 2.34. The lowest BCUT2D eigenvalue weighted by Crippen LogP contribution is -2.48. The Morgan fingerprint density at radius 1 is 1.06 bits per heavy atom. The van der Waals surface area contributed by atoms with E-state index in [1.165, 1.54) is 16.8 Å². The maximum atomic E-state index is 13.4. The number of carbonyl (C=O) groups excluding carboxylic acids is 2. The van der Waals surface area contributed by atoms with Crippen molar-refractivity contribution >= 4 is 11.8 Å². The zero-order valence-corrected chi connectivity index (χ0v) is 21.4. The first kappa shape index (κ1) is 24.0. The fourth-order valence-electron chi connectivity index (χ4n) is 6.00. The molecular weight excluding hydrogens is 442 g/mol. The number of carbonyl (C=O) groups is 2. The molecule has 0 saturated carbocycles. The molecule has 8 nitrogen and oxygen atoms in total. The maximum absolute atomic E-state index is 13.4. The molecule has 2 saturated heterocycles. The predicted octanol–water partition coefficient (Wildman–Crippen LogP) is 3.04. The molecule has 0 N–H and O–H groups in total. The summed E-state index contributed by atoms with van der Waals surface area (Å²) in [7, 11) is 0. The molecule has 1 aliphatic carbocycles. The van der Waals surface area contributed by atoms with Crippen LogP contribution in [0.4, 0.5) is 0 Å². The highest BCUT2D eigenvalue weighted by atomic mass is 16.5. The van der Waals surface area contributed by atoms with E-state index in [1.807, 2.05) is 34.5 Å². The molecule has 2 aromatic heterocycles. The van der Waals surface area contributed by atoms with E-state index in [-0.39, 0.29) is 30.6 Å². The zero-order chi connectivity index (χ0) is 24.7. The Balaban J connectivity index is 1.26. The van der Waals surface area contributed by atoms with Gasteiger partial charge in [-0.25, -0.2) is 0 Å². The number of ether oxygens (including phenoxy) is 1. The number of morpholine rings is 1. The molecule has 4 heterocycles. The number of likely N-dealkylation sites (tertiary alicyclic amines) is 1. The summed E-state index contributed by atoms with van der Waals surface area (Å²) in [5.74, 6) is 0.454. The van der Waals surface area contributed by atoms with E-state index in [4.69, 9.17) is 9.84 Å². The zero-order valence-electron chi connectivity index (χ0n) is 21.4. The highest BCUT2D eigenvalue weighted by Crippen LogP contribution is 2.31. The lowest BCUT2D eigenvalue weighted by molar-refractivity contribution is -0.133. The summed E-state index contributed by atoms with van der Waals surface area (Å²) < 4.78 is 7.60. The molecule has 2 aliphatic heterocycles. The number of aryl methyl sites for hydroxylation is 1. The van der Waals surface area contributed by atoms with Crippen molar-refractivity contribution in [1.29, 1.82) is 0 Å². The minimum absolute atomic E-state index is 0.0149. The lowest BCUT2D eigenvalue weighted by atomic mass is 9.89. The van der Waals surface area contributed by atoms with Gasteiger partial charge in [0.15, 0.2) is 5.69 Å². The van der Waals surface area contributed by atoms with Crippen LogP contribution in [0.1, 0.15) is 77.6 Å². The number of hydrogen-bond acceptors (Lipinski definition) is 5. The lowest BCUT2D eigenvalue weighted by Gasteiger charge is -2.35. The Kier molecular flexibility index (Phi) is 6.66. The van der Waals surface area contributed by atoms with E-state index in [9.17, 15) is 9.59 Å². The fourth-order valence-corrected chi connectivity index (χ4v) is 6.00. The third kappa shape index (κ3) is 4.73. The smallest absolute Gasteiger partial charge is 0.274 e. The van der Waals surface area contributed by atoms with Gasteiger partial charge in [0.25, 0.3) is 5.91 Å². The quantitative estimate of drug-likeness (QED) is 0.673. The second-order valence-electron chi connectivity index (χ2n) is 10.5. The molecule has 188 valence electrons. The summed E-state index contributed by atoms with van der Waals surface area (Å²) in [5, 5.41) is 4.70. The topological polar surface area (TPSA) is 80.6 Å². The molecule has 2 unspecified atom stereocenters. The first-order chi connectivity index (χ1) is 16.8. The SMILES string of the molecule is Cc1ccnc(C2CCN(C(=O)Cn3nc(C(=O)N4CC(C)OC(C)C4)c4c3CCC4)CC2)c1C. The van der Waals surface area contributed by atoms with Gasteiger partial charge in [0, 0.05) is 55.2 Å². The Hall–Kier alpha value is -2.74. The fraction of sp³-hybridized carbons (Fsp3) is 0.630. The second-order valence-corrected chi connectivity index (χ2v) is 10.5. The molecule has 8 heteroatoms. The van der Waals surface area contributed by atoms with Crippen LogP contribution in [-0.2, 0) is 28.9 Å². The van der Waals surface area contributed by atoms with Gasteiger partial charge < -0.3 is 14.5 Å². The van der Waals surface area contributed by atoms with Crippen molar-refractivity contribution in [3.8, 4) is 0 Å². The van der Waals surface area contributed by atoms with E-state index in [0.717, 1.165) is 56.5 Å². The van der Waals surface area contributed by atoms with Crippen LogP contribution >= 0.6 is 0 Å². The summed E-state index contributed by atoms with van der Waals surface area (Å²) >= 11 is 0. The van der Waals surface area contributed by atoms with Crippen molar-refractivity contribution in [2.75, 3.05) is 26.2 Å². The average molecular weight is 480 g/mol. The van der Waals surface area contributed by atoms with Gasteiger partial charge in [0.2, 0.25) is 5.91 Å². The van der Waals surface area contributed by atoms with Gasteiger partial charge in [-0.3, -0.25) is 19.3 Å². The number of nitrogens with zero attached hydrogens (tertiary/aromatic N) is 5. The van der Waals surface area contributed by atoms with Crippen molar-refractivity contribution in [1.82, 2.24) is 24.6 Å². The van der Waals surface area contributed by atoms with Crippen LogP contribution in [0.3, 0.4) is 0 Å². The van der Waals surface area contributed by atoms with Crippen molar-refractivity contribution in [3.05, 3.63) is 46.0 Å². The van der Waals surface area contributed by atoms with E-state index in [1.54, 1.807) is 0 Å². The normalized spacial score (nSPS) is 23.0. The Morgan fingerprint density at radius 2 is 1.77 bits per heavy atom. The van der Waals surface area contributed by atoms with Crippen LogP contribution in [0.5, 0.6) is 0 Å². The van der Waals surface area contributed by atoms with Crippen LogP contribution < -0.4 is 0 Å². The summed E-state index contributed by atoms with van der Waals surface area (Å²) in [6.45, 7) is 11.1. The number of rotatable bonds is 4. The minimum atomic E-state index is -0.0295. The maximum Gasteiger partial charge on any atom is 0.274 e. The van der Waals surface area contributed by atoms with Gasteiger partial charge in [-0.15, -0.1) is 0 Å². The van der Waals surface area contributed by atoms with Gasteiger partial charge >= 0.3 is 0 Å². The molecular formula is C27H37N5O3. The molecule has 2 aromatic rings. The second kappa shape index (κ2) is 9.72. The van der Waals surface area contributed by atoms with Crippen molar-refractivity contribution in [3.63, 3.8) is 0 Å². The first-order valence-corrected chi connectivity index (χ1v) is 13.0. The van der Waals surface area contributed by atoms with Gasteiger partial charge in [-0.1, -0.05) is 0 Å². The number of piperidine rings is 1. The van der Waals surface area contributed by atoms with E-state index in [0.29, 0.717) is 24.7 Å². The number of amides is 2. The largest absolute Gasteiger partial charge is 0.372 e. The third-order valence-corrected chi connectivity index (χ3v) is 7.95. The summed E-state index contributed by atoms with van der Waals surface area (Å²) in [4.78, 5) is 35.1. The number of fused-ring (bicyclic) bond motifs is 1. The van der Waals surface area contributed by atoms with E-state index >= 15 is 0 Å². The standard InChI is InChI=1S/C27H37N5O3/c1-17-8-11-28-25(20(17)4)21-9-12-30(13-10-21)24(33)16-32-23-7-5-6-22(23)26(29-32)27(34)31-14-18(2)35-19(3)15-31/h8,11,18-19,21H,5-7,9-10,12-16H2,1-4H3. The molecule has 0 radical (unpaired) electrons. The minimum Gasteiger partial charge on any atom is -0.372 e.